The van der Waals surface area contributed by atoms with Gasteiger partial charge < -0.3 is 4.90 Å². The van der Waals surface area contributed by atoms with Crippen molar-refractivity contribution in [3.8, 4) is 6.07 Å². The van der Waals surface area contributed by atoms with Crippen molar-refractivity contribution in [2.45, 2.75) is 26.7 Å². The Hall–Kier alpha value is -2.08. The number of nitrogens with zero attached hydrogens (tertiary/aromatic N) is 3. The van der Waals surface area contributed by atoms with Crippen molar-refractivity contribution < 1.29 is 0 Å². The highest BCUT2D eigenvalue weighted by Crippen LogP contribution is 2.22. The minimum atomic E-state index is 0.704. The number of hydrogen-bond acceptors (Lipinski definition) is 3. The second kappa shape index (κ2) is 6.19. The molecular weight excluding hydrogens is 234 g/mol. The highest BCUT2D eigenvalue weighted by molar-refractivity contribution is 5.86. The number of fused-ring (bicyclic) bond motifs is 1. The van der Waals surface area contributed by atoms with Gasteiger partial charge in [0.05, 0.1) is 17.1 Å². The Morgan fingerprint density at radius 2 is 2.05 bits per heavy atom. The number of unbranched alkanes of at least 4 members (excludes halogenated alkanes) is 1. The summed E-state index contributed by atoms with van der Waals surface area (Å²) in [6, 6.07) is 12.0. The second-order valence-corrected chi connectivity index (χ2v) is 4.59. The maximum Gasteiger partial charge on any atom is 0.130 e. The zero-order chi connectivity index (χ0) is 13.7. The maximum atomic E-state index is 9.29. The van der Waals surface area contributed by atoms with Gasteiger partial charge in [-0.15, -0.1) is 0 Å². The quantitative estimate of drug-likeness (QED) is 0.815. The summed E-state index contributed by atoms with van der Waals surface area (Å²) in [6.45, 7) is 6.21. The van der Waals surface area contributed by atoms with Gasteiger partial charge >= 0.3 is 0 Å². The van der Waals surface area contributed by atoms with E-state index in [0.29, 0.717) is 5.56 Å². The lowest BCUT2D eigenvalue weighted by atomic mass is 10.1. The molecule has 1 heterocycles. The molecule has 0 unspecified atom stereocenters. The van der Waals surface area contributed by atoms with Crippen LogP contribution in [0, 0.1) is 11.3 Å². The Labute approximate surface area is 114 Å². The Morgan fingerprint density at radius 3 is 2.74 bits per heavy atom. The lowest BCUT2D eigenvalue weighted by Crippen LogP contribution is -2.24. The SMILES string of the molecule is CCCCN(CC)c1cc(C#N)c2ccccc2n1. The van der Waals surface area contributed by atoms with Crippen LogP contribution in [-0.4, -0.2) is 18.1 Å². The van der Waals surface area contributed by atoms with E-state index in [2.05, 4.69) is 29.8 Å². The van der Waals surface area contributed by atoms with Crippen LogP contribution in [-0.2, 0) is 0 Å². The summed E-state index contributed by atoms with van der Waals surface area (Å²) in [7, 11) is 0. The third-order valence-corrected chi connectivity index (χ3v) is 3.31. The van der Waals surface area contributed by atoms with Gasteiger partial charge in [0.1, 0.15) is 5.82 Å². The molecule has 0 aliphatic heterocycles. The number of para-hydroxylation sites is 1. The van der Waals surface area contributed by atoms with E-state index in [0.717, 1.165) is 42.7 Å². The summed E-state index contributed by atoms with van der Waals surface area (Å²) in [6.07, 6.45) is 2.30. The van der Waals surface area contributed by atoms with Crippen LogP contribution in [0.4, 0.5) is 5.82 Å². The van der Waals surface area contributed by atoms with Crippen LogP contribution in [0.3, 0.4) is 0 Å². The van der Waals surface area contributed by atoms with E-state index in [1.54, 1.807) is 0 Å². The van der Waals surface area contributed by atoms with E-state index in [4.69, 9.17) is 0 Å². The molecule has 3 heteroatoms. The van der Waals surface area contributed by atoms with E-state index < -0.39 is 0 Å². The van der Waals surface area contributed by atoms with Crippen LogP contribution in [0.1, 0.15) is 32.3 Å². The third kappa shape index (κ3) is 2.85. The molecular formula is C16H19N3. The molecule has 0 aliphatic rings. The summed E-state index contributed by atoms with van der Waals surface area (Å²) in [5.41, 5.74) is 1.60. The van der Waals surface area contributed by atoms with Gasteiger partial charge in [-0.25, -0.2) is 4.98 Å². The van der Waals surface area contributed by atoms with Crippen molar-refractivity contribution in [1.82, 2.24) is 4.98 Å². The molecule has 0 saturated carbocycles. The molecule has 2 aromatic rings. The monoisotopic (exact) mass is 253 g/mol. The lowest BCUT2D eigenvalue weighted by Gasteiger charge is -2.22. The predicted octanol–water partition coefficient (Wildman–Crippen LogP) is 3.73. The minimum Gasteiger partial charge on any atom is -0.357 e. The molecule has 1 aromatic carbocycles. The molecule has 1 aromatic heterocycles. The maximum absolute atomic E-state index is 9.29. The fraction of sp³-hybridized carbons (Fsp3) is 0.375. The number of rotatable bonds is 5. The van der Waals surface area contributed by atoms with E-state index in [1.165, 1.54) is 0 Å². The molecule has 0 bridgehead atoms. The topological polar surface area (TPSA) is 39.9 Å². The zero-order valence-electron chi connectivity index (χ0n) is 11.6. The number of nitriles is 1. The normalized spacial score (nSPS) is 10.4. The summed E-state index contributed by atoms with van der Waals surface area (Å²) in [4.78, 5) is 6.92. The van der Waals surface area contributed by atoms with Gasteiger partial charge in [0.25, 0.3) is 0 Å². The average molecular weight is 253 g/mol. The summed E-state index contributed by atoms with van der Waals surface area (Å²) in [5, 5.41) is 10.2. The molecule has 0 N–H and O–H groups in total. The molecule has 19 heavy (non-hydrogen) atoms. The molecule has 98 valence electrons. The Morgan fingerprint density at radius 1 is 1.26 bits per heavy atom. The largest absolute Gasteiger partial charge is 0.357 e. The summed E-state index contributed by atoms with van der Waals surface area (Å²) >= 11 is 0. The smallest absolute Gasteiger partial charge is 0.130 e. The zero-order valence-corrected chi connectivity index (χ0v) is 11.6. The first-order chi connectivity index (χ1) is 9.30. The number of benzene rings is 1. The first-order valence-electron chi connectivity index (χ1n) is 6.85. The van der Waals surface area contributed by atoms with Crippen LogP contribution in [0.15, 0.2) is 30.3 Å². The van der Waals surface area contributed by atoms with Gasteiger partial charge in [-0.2, -0.15) is 5.26 Å². The Kier molecular flexibility index (Phi) is 4.35. The first-order valence-corrected chi connectivity index (χ1v) is 6.85. The Bertz CT molecular complexity index is 598. The minimum absolute atomic E-state index is 0.704. The van der Waals surface area contributed by atoms with E-state index >= 15 is 0 Å². The van der Waals surface area contributed by atoms with Crippen molar-refractivity contribution in [3.63, 3.8) is 0 Å². The summed E-state index contributed by atoms with van der Waals surface area (Å²) < 4.78 is 0. The predicted molar refractivity (Wildman–Crippen MR) is 79.3 cm³/mol. The van der Waals surface area contributed by atoms with E-state index in [1.807, 2.05) is 30.3 Å². The van der Waals surface area contributed by atoms with E-state index in [9.17, 15) is 5.26 Å². The van der Waals surface area contributed by atoms with Crippen molar-refractivity contribution in [2.24, 2.45) is 0 Å². The fourth-order valence-corrected chi connectivity index (χ4v) is 2.20. The number of pyridine rings is 1. The van der Waals surface area contributed by atoms with Crippen molar-refractivity contribution in [1.29, 1.82) is 5.26 Å². The van der Waals surface area contributed by atoms with Gasteiger partial charge in [0.2, 0.25) is 0 Å². The molecule has 2 rings (SSSR count). The number of anilines is 1. The number of hydrogen-bond donors (Lipinski definition) is 0. The molecule has 0 spiro atoms. The summed E-state index contributed by atoms with van der Waals surface area (Å²) in [5.74, 6) is 0.909. The fourth-order valence-electron chi connectivity index (χ4n) is 2.20. The van der Waals surface area contributed by atoms with Crippen molar-refractivity contribution >= 4 is 16.7 Å². The number of aromatic nitrogens is 1. The van der Waals surface area contributed by atoms with E-state index in [-0.39, 0.29) is 0 Å². The molecule has 0 fully saturated rings. The third-order valence-electron chi connectivity index (χ3n) is 3.31. The van der Waals surface area contributed by atoms with Crippen LogP contribution < -0.4 is 4.90 Å². The van der Waals surface area contributed by atoms with Gasteiger partial charge in [0.15, 0.2) is 0 Å². The first kappa shape index (κ1) is 13.4. The van der Waals surface area contributed by atoms with Crippen LogP contribution in [0.5, 0.6) is 0 Å². The van der Waals surface area contributed by atoms with Crippen molar-refractivity contribution in [3.05, 3.63) is 35.9 Å². The molecule has 0 aliphatic carbocycles. The molecule has 0 amide bonds. The van der Waals surface area contributed by atoms with Crippen LogP contribution in [0.2, 0.25) is 0 Å². The second-order valence-electron chi connectivity index (χ2n) is 4.59. The Balaban J connectivity index is 2.46. The highest BCUT2D eigenvalue weighted by atomic mass is 15.2. The molecule has 0 atom stereocenters. The highest BCUT2D eigenvalue weighted by Gasteiger charge is 2.10. The van der Waals surface area contributed by atoms with Crippen LogP contribution >= 0.6 is 0 Å². The van der Waals surface area contributed by atoms with Gasteiger partial charge in [-0.1, -0.05) is 31.5 Å². The van der Waals surface area contributed by atoms with Crippen molar-refractivity contribution in [2.75, 3.05) is 18.0 Å². The molecule has 0 saturated heterocycles. The lowest BCUT2D eigenvalue weighted by molar-refractivity contribution is 0.725. The van der Waals surface area contributed by atoms with Gasteiger partial charge in [-0.05, 0) is 25.5 Å². The molecule has 0 radical (unpaired) electrons. The van der Waals surface area contributed by atoms with Crippen LogP contribution in [0.25, 0.3) is 10.9 Å². The van der Waals surface area contributed by atoms with Gasteiger partial charge in [-0.3, -0.25) is 0 Å². The average Bonchev–Trinajstić information content (AvgIpc) is 2.47. The standard InChI is InChI=1S/C16H19N3/c1-3-5-10-19(4-2)16-11-13(12-17)14-8-6-7-9-15(14)18-16/h6-9,11H,3-5,10H2,1-2H3. The van der Waals surface area contributed by atoms with Gasteiger partial charge in [0, 0.05) is 18.5 Å². The molecule has 3 nitrogen and oxygen atoms in total.